The fourth-order valence-electron chi connectivity index (χ4n) is 2.41. The Bertz CT molecular complexity index is 467. The molecule has 3 atom stereocenters. The van der Waals surface area contributed by atoms with Crippen molar-refractivity contribution in [3.8, 4) is 0 Å². The first-order valence-corrected chi connectivity index (χ1v) is 7.77. The molecule has 20 heavy (non-hydrogen) atoms. The van der Waals surface area contributed by atoms with Crippen molar-refractivity contribution in [2.24, 2.45) is 11.8 Å². The summed E-state index contributed by atoms with van der Waals surface area (Å²) in [6.07, 6.45) is 0.108. The minimum absolute atomic E-state index is 0.179. The highest BCUT2D eigenvalue weighted by molar-refractivity contribution is 7.87. The lowest BCUT2D eigenvalue weighted by Crippen LogP contribution is -2.52. The van der Waals surface area contributed by atoms with Crippen molar-refractivity contribution >= 4 is 22.1 Å². The van der Waals surface area contributed by atoms with Gasteiger partial charge < -0.3 is 10.2 Å². The lowest BCUT2D eigenvalue weighted by atomic mass is 9.94. The molecule has 0 aromatic rings. The van der Waals surface area contributed by atoms with Crippen LogP contribution in [-0.4, -0.2) is 54.0 Å². The van der Waals surface area contributed by atoms with Gasteiger partial charge in [-0.25, -0.2) is 0 Å². The molecule has 1 rings (SSSR count). The maximum absolute atomic E-state index is 12.1. The van der Waals surface area contributed by atoms with E-state index in [1.807, 2.05) is 18.6 Å². The summed E-state index contributed by atoms with van der Waals surface area (Å²) in [7, 11) is -4.00. The summed E-state index contributed by atoms with van der Waals surface area (Å²) in [5.41, 5.74) is 0. The van der Waals surface area contributed by atoms with Crippen LogP contribution in [0.3, 0.4) is 0 Å². The quantitative estimate of drug-likeness (QED) is 0.620. The molecule has 0 radical (unpaired) electrons. The van der Waals surface area contributed by atoms with E-state index >= 15 is 0 Å². The number of hydrogen-bond acceptors (Lipinski definition) is 4. The molecule has 8 nitrogen and oxygen atoms in total. The van der Waals surface area contributed by atoms with Gasteiger partial charge in [0.15, 0.2) is 0 Å². The van der Waals surface area contributed by atoms with Crippen LogP contribution in [0.5, 0.6) is 0 Å². The molecule has 1 aliphatic rings. The highest BCUT2D eigenvalue weighted by atomic mass is 32.2. The van der Waals surface area contributed by atoms with Crippen LogP contribution in [0.1, 0.15) is 26.7 Å². The second-order valence-corrected chi connectivity index (χ2v) is 7.08. The smallest absolute Gasteiger partial charge is 0.322 e. The predicted molar refractivity (Wildman–Crippen MR) is 70.3 cm³/mol. The van der Waals surface area contributed by atoms with Gasteiger partial charge in [-0.2, -0.15) is 17.4 Å². The summed E-state index contributed by atoms with van der Waals surface area (Å²) in [4.78, 5) is 21.5. The van der Waals surface area contributed by atoms with E-state index in [0.717, 1.165) is 6.42 Å². The third kappa shape index (κ3) is 4.73. The van der Waals surface area contributed by atoms with Crippen molar-refractivity contribution < 1.29 is 28.2 Å². The highest BCUT2D eigenvalue weighted by Crippen LogP contribution is 2.22. The second-order valence-electron chi connectivity index (χ2n) is 5.37. The van der Waals surface area contributed by atoms with Gasteiger partial charge in [-0.15, -0.1) is 0 Å². The predicted octanol–water partition coefficient (Wildman–Crippen LogP) is -0.273. The van der Waals surface area contributed by atoms with Gasteiger partial charge >= 0.3 is 11.9 Å². The molecule has 0 aromatic carbocycles. The normalized spacial score (nSPS) is 26.1. The van der Waals surface area contributed by atoms with Gasteiger partial charge in [0.1, 0.15) is 6.04 Å². The summed E-state index contributed by atoms with van der Waals surface area (Å²) in [6, 6.07) is -1.66. The Morgan fingerprint density at radius 1 is 1.25 bits per heavy atom. The third-order valence-corrected chi connectivity index (χ3v) is 4.70. The number of aliphatic carboxylic acids is 2. The lowest BCUT2D eigenvalue weighted by molar-refractivity contribution is -0.145. The number of carboxylic acid groups (broad SMARTS) is 2. The maximum atomic E-state index is 12.1. The lowest BCUT2D eigenvalue weighted by Gasteiger charge is -2.34. The molecule has 0 aromatic heterocycles. The molecule has 3 N–H and O–H groups in total. The molecule has 0 bridgehead atoms. The Hall–Kier alpha value is -1.19. The van der Waals surface area contributed by atoms with Crippen molar-refractivity contribution in [1.29, 1.82) is 0 Å². The molecule has 0 amide bonds. The van der Waals surface area contributed by atoms with Crippen LogP contribution in [0.25, 0.3) is 0 Å². The first-order chi connectivity index (χ1) is 9.11. The Balaban J connectivity index is 2.81. The Kier molecular flexibility index (Phi) is 5.49. The average Bonchev–Trinajstić information content (AvgIpc) is 2.25. The molecular formula is C11H20N2O6S. The van der Waals surface area contributed by atoms with Gasteiger partial charge in [0.25, 0.3) is 10.2 Å². The third-order valence-electron chi connectivity index (χ3n) is 3.14. The Morgan fingerprint density at radius 3 is 2.15 bits per heavy atom. The van der Waals surface area contributed by atoms with Crippen molar-refractivity contribution in [3.63, 3.8) is 0 Å². The van der Waals surface area contributed by atoms with Crippen LogP contribution in [0, 0.1) is 11.8 Å². The van der Waals surface area contributed by atoms with E-state index in [1.165, 1.54) is 4.31 Å². The molecule has 0 aliphatic carbocycles. The first kappa shape index (κ1) is 16.9. The van der Waals surface area contributed by atoms with Gasteiger partial charge in [-0.1, -0.05) is 13.8 Å². The fraction of sp³-hybridized carbons (Fsp3) is 0.818. The number of carbonyl (C=O) groups is 2. The van der Waals surface area contributed by atoms with Crippen LogP contribution in [0.15, 0.2) is 0 Å². The Labute approximate surface area is 118 Å². The van der Waals surface area contributed by atoms with Crippen LogP contribution in [0.2, 0.25) is 0 Å². The van der Waals surface area contributed by atoms with Gasteiger partial charge in [0.05, 0.1) is 6.42 Å². The summed E-state index contributed by atoms with van der Waals surface area (Å²) in [6.45, 7) is 4.45. The number of nitrogens with one attached hydrogen (secondary N) is 1. The number of carboxylic acids is 2. The van der Waals surface area contributed by atoms with Gasteiger partial charge in [0, 0.05) is 13.1 Å². The van der Waals surface area contributed by atoms with Gasteiger partial charge in [0.2, 0.25) is 0 Å². The SMILES string of the molecule is CC1CC(C)CN(S(=O)(=O)N[C@@H](CC(=O)O)C(=O)O)C1. The zero-order chi connectivity index (χ0) is 15.5. The van der Waals surface area contributed by atoms with Crippen LogP contribution < -0.4 is 4.72 Å². The van der Waals surface area contributed by atoms with E-state index in [2.05, 4.69) is 0 Å². The van der Waals surface area contributed by atoms with Crippen molar-refractivity contribution in [2.75, 3.05) is 13.1 Å². The molecule has 0 saturated carbocycles. The topological polar surface area (TPSA) is 124 Å². The van der Waals surface area contributed by atoms with Gasteiger partial charge in [-0.05, 0) is 18.3 Å². The fourth-order valence-corrected chi connectivity index (χ4v) is 4.00. The van der Waals surface area contributed by atoms with E-state index in [0.29, 0.717) is 13.1 Å². The highest BCUT2D eigenvalue weighted by Gasteiger charge is 2.34. The standard InChI is InChI=1S/C11H20N2O6S/c1-7-3-8(2)6-13(5-7)20(18,19)12-9(11(16)17)4-10(14)15/h7-9,12H,3-6H2,1-2H3,(H,14,15)(H,16,17)/t7?,8?,9-/m0/s1. The molecule has 116 valence electrons. The number of piperidine rings is 1. The van der Waals surface area contributed by atoms with E-state index in [1.54, 1.807) is 0 Å². The van der Waals surface area contributed by atoms with E-state index in [4.69, 9.17) is 10.2 Å². The summed E-state index contributed by atoms with van der Waals surface area (Å²) in [5.74, 6) is -2.52. The average molecular weight is 308 g/mol. The van der Waals surface area contributed by atoms with Crippen molar-refractivity contribution in [2.45, 2.75) is 32.7 Å². The van der Waals surface area contributed by atoms with E-state index in [-0.39, 0.29) is 11.8 Å². The summed E-state index contributed by atoms with van der Waals surface area (Å²) >= 11 is 0. The van der Waals surface area contributed by atoms with E-state index in [9.17, 15) is 18.0 Å². The largest absolute Gasteiger partial charge is 0.481 e. The van der Waals surface area contributed by atoms with Crippen LogP contribution >= 0.6 is 0 Å². The molecule has 1 saturated heterocycles. The number of rotatable bonds is 6. The number of nitrogens with zero attached hydrogens (tertiary/aromatic N) is 1. The molecule has 1 fully saturated rings. The zero-order valence-electron chi connectivity index (χ0n) is 11.4. The zero-order valence-corrected chi connectivity index (χ0v) is 12.3. The molecule has 2 unspecified atom stereocenters. The molecular weight excluding hydrogens is 288 g/mol. The van der Waals surface area contributed by atoms with Crippen LogP contribution in [-0.2, 0) is 19.8 Å². The molecule has 1 heterocycles. The first-order valence-electron chi connectivity index (χ1n) is 6.33. The minimum atomic E-state index is -4.00. The van der Waals surface area contributed by atoms with Crippen molar-refractivity contribution in [1.82, 2.24) is 9.03 Å². The Morgan fingerprint density at radius 2 is 1.75 bits per heavy atom. The molecule has 0 spiro atoms. The van der Waals surface area contributed by atoms with Gasteiger partial charge in [-0.3, -0.25) is 9.59 Å². The second kappa shape index (κ2) is 6.51. The summed E-state index contributed by atoms with van der Waals surface area (Å²) < 4.78 is 27.4. The maximum Gasteiger partial charge on any atom is 0.322 e. The van der Waals surface area contributed by atoms with E-state index < -0.39 is 34.6 Å². The molecule has 9 heteroatoms. The minimum Gasteiger partial charge on any atom is -0.481 e. The number of hydrogen-bond donors (Lipinski definition) is 3. The monoisotopic (exact) mass is 308 g/mol. The summed E-state index contributed by atoms with van der Waals surface area (Å²) in [5, 5.41) is 17.5. The van der Waals surface area contributed by atoms with Crippen molar-refractivity contribution in [3.05, 3.63) is 0 Å². The molecule has 1 aliphatic heterocycles. The van der Waals surface area contributed by atoms with Crippen LogP contribution in [0.4, 0.5) is 0 Å².